The van der Waals surface area contributed by atoms with Crippen molar-refractivity contribution in [2.45, 2.75) is 44.6 Å². The molecule has 216 valence electrons. The van der Waals surface area contributed by atoms with Gasteiger partial charge in [0, 0.05) is 26.1 Å². The highest BCUT2D eigenvalue weighted by Crippen LogP contribution is 2.41. The minimum atomic E-state index is -0.875. The number of fused-ring (bicyclic) bond motifs is 1. The molecule has 0 radical (unpaired) electrons. The van der Waals surface area contributed by atoms with Gasteiger partial charge in [0.05, 0.1) is 35.5 Å². The number of amides is 4. The standard InChI is InChI=1S/C31H31N5O6/c1-2-42-26(37)12-11-24-29(39)36(31(41)34-24)25-10-6-9-21-23(18-33-27(21)25)28(38)30(40)35-15-13-20(14-16-35)22(17-32)19-7-4-3-5-8-19/h3-10,23-24,33H,2,11-16,18H2,1H3,(H,34,41)/t23?,24-/m0/s1. The third kappa shape index (κ3) is 5.48. The van der Waals surface area contributed by atoms with Crippen LogP contribution in [-0.2, 0) is 23.9 Å². The van der Waals surface area contributed by atoms with E-state index in [0.29, 0.717) is 42.8 Å². The maximum absolute atomic E-state index is 13.4. The molecule has 0 aliphatic carbocycles. The molecule has 2 aromatic rings. The summed E-state index contributed by atoms with van der Waals surface area (Å²) < 4.78 is 4.91. The number of para-hydroxylation sites is 1. The number of nitriles is 1. The largest absolute Gasteiger partial charge is 0.466 e. The zero-order valence-electron chi connectivity index (χ0n) is 23.2. The van der Waals surface area contributed by atoms with E-state index in [1.165, 1.54) is 4.90 Å². The lowest BCUT2D eigenvalue weighted by atomic mass is 9.92. The Morgan fingerprint density at radius 1 is 1.05 bits per heavy atom. The van der Waals surface area contributed by atoms with Gasteiger partial charge >= 0.3 is 12.0 Å². The summed E-state index contributed by atoms with van der Waals surface area (Å²) in [6.07, 6.45) is 1.10. The molecule has 3 aliphatic rings. The fourth-order valence-corrected chi connectivity index (χ4v) is 5.71. The van der Waals surface area contributed by atoms with Crippen LogP contribution in [0.4, 0.5) is 16.2 Å². The van der Waals surface area contributed by atoms with Crippen LogP contribution in [0.25, 0.3) is 5.57 Å². The van der Waals surface area contributed by atoms with E-state index in [9.17, 15) is 29.2 Å². The molecule has 0 aromatic heterocycles. The second kappa shape index (κ2) is 12.3. The van der Waals surface area contributed by atoms with Gasteiger partial charge in [-0.05, 0) is 49.0 Å². The van der Waals surface area contributed by atoms with Gasteiger partial charge in [0.15, 0.2) is 0 Å². The fraction of sp³-hybridized carbons (Fsp3) is 0.355. The Bertz CT molecular complexity index is 1500. The van der Waals surface area contributed by atoms with Crippen LogP contribution >= 0.6 is 0 Å². The van der Waals surface area contributed by atoms with E-state index >= 15 is 0 Å². The molecule has 2 aromatic carbocycles. The van der Waals surface area contributed by atoms with Crippen molar-refractivity contribution in [2.75, 3.05) is 36.5 Å². The van der Waals surface area contributed by atoms with Crippen LogP contribution in [0, 0.1) is 11.3 Å². The van der Waals surface area contributed by atoms with Crippen LogP contribution in [0.1, 0.15) is 49.7 Å². The summed E-state index contributed by atoms with van der Waals surface area (Å²) in [4.78, 5) is 66.9. The summed E-state index contributed by atoms with van der Waals surface area (Å²) in [6, 6.07) is 15.1. The normalized spacial score (nSPS) is 19.5. The smallest absolute Gasteiger partial charge is 0.329 e. The molecule has 2 fully saturated rings. The summed E-state index contributed by atoms with van der Waals surface area (Å²) in [5.41, 5.74) is 3.68. The third-order valence-electron chi connectivity index (χ3n) is 7.85. The zero-order valence-corrected chi connectivity index (χ0v) is 23.2. The van der Waals surface area contributed by atoms with Crippen LogP contribution in [0.15, 0.2) is 54.1 Å². The predicted octanol–water partition coefficient (Wildman–Crippen LogP) is 3.13. The highest BCUT2D eigenvalue weighted by atomic mass is 16.5. The Labute approximate surface area is 243 Å². The first-order valence-electron chi connectivity index (χ1n) is 14.0. The Morgan fingerprint density at radius 3 is 2.48 bits per heavy atom. The summed E-state index contributed by atoms with van der Waals surface area (Å²) in [5, 5.41) is 15.5. The number of imide groups is 1. The zero-order chi connectivity index (χ0) is 29.8. The number of anilines is 2. The monoisotopic (exact) mass is 569 g/mol. The minimum absolute atomic E-state index is 0.0138. The number of nitrogens with one attached hydrogen (secondary N) is 2. The van der Waals surface area contributed by atoms with Gasteiger partial charge < -0.3 is 20.3 Å². The average molecular weight is 570 g/mol. The van der Waals surface area contributed by atoms with Gasteiger partial charge in [0.1, 0.15) is 6.04 Å². The number of hydrogen-bond acceptors (Lipinski definition) is 8. The van der Waals surface area contributed by atoms with E-state index in [2.05, 4.69) is 16.7 Å². The summed E-state index contributed by atoms with van der Waals surface area (Å²) in [5.74, 6) is -2.89. The van der Waals surface area contributed by atoms with Gasteiger partial charge in [0.2, 0.25) is 5.78 Å². The molecule has 3 aliphatic heterocycles. The molecule has 5 rings (SSSR count). The first-order valence-corrected chi connectivity index (χ1v) is 14.0. The number of ketones is 1. The number of likely N-dealkylation sites (tertiary alicyclic amines) is 1. The maximum atomic E-state index is 13.4. The number of ether oxygens (including phenoxy) is 1. The number of carbonyl (C=O) groups excluding carboxylic acids is 5. The molecule has 2 saturated heterocycles. The van der Waals surface area contributed by atoms with Gasteiger partial charge in [-0.15, -0.1) is 0 Å². The SMILES string of the molecule is CCOC(=O)CC[C@@H]1NC(=O)N(c2cccc3c2NCC3C(=O)C(=O)N2CCC(=C(C#N)c3ccccc3)CC2)C1=O. The van der Waals surface area contributed by atoms with Crippen molar-refractivity contribution in [2.24, 2.45) is 0 Å². The van der Waals surface area contributed by atoms with E-state index < -0.39 is 41.6 Å². The highest BCUT2D eigenvalue weighted by molar-refractivity contribution is 6.38. The number of rotatable bonds is 8. The Hall–Kier alpha value is -4.98. The Morgan fingerprint density at radius 2 is 1.79 bits per heavy atom. The van der Waals surface area contributed by atoms with E-state index in [4.69, 9.17) is 4.74 Å². The molecule has 4 amide bonds. The number of piperidine rings is 1. The molecule has 42 heavy (non-hydrogen) atoms. The lowest BCUT2D eigenvalue weighted by Crippen LogP contribution is -2.42. The van der Waals surface area contributed by atoms with Gasteiger partial charge in [-0.25, -0.2) is 9.69 Å². The lowest BCUT2D eigenvalue weighted by Gasteiger charge is -2.29. The van der Waals surface area contributed by atoms with Crippen molar-refractivity contribution in [1.29, 1.82) is 5.26 Å². The van der Waals surface area contributed by atoms with Crippen molar-refractivity contribution < 1.29 is 28.7 Å². The fourth-order valence-electron chi connectivity index (χ4n) is 5.71. The molecule has 0 spiro atoms. The molecular weight excluding hydrogens is 538 g/mol. The highest BCUT2D eigenvalue weighted by Gasteiger charge is 2.43. The van der Waals surface area contributed by atoms with Crippen LogP contribution < -0.4 is 15.5 Å². The summed E-state index contributed by atoms with van der Waals surface area (Å²) in [6.45, 7) is 2.74. The number of nitrogens with zero attached hydrogens (tertiary/aromatic N) is 3. The minimum Gasteiger partial charge on any atom is -0.466 e. The molecule has 3 heterocycles. The van der Waals surface area contributed by atoms with Crippen LogP contribution in [0.2, 0.25) is 0 Å². The lowest BCUT2D eigenvalue weighted by molar-refractivity contribution is -0.145. The number of carbonyl (C=O) groups is 5. The van der Waals surface area contributed by atoms with Crippen molar-refractivity contribution >= 4 is 46.5 Å². The molecule has 2 N–H and O–H groups in total. The van der Waals surface area contributed by atoms with E-state index in [0.717, 1.165) is 16.0 Å². The molecular formula is C31H31N5O6. The van der Waals surface area contributed by atoms with E-state index in [-0.39, 0.29) is 31.7 Å². The van der Waals surface area contributed by atoms with Crippen molar-refractivity contribution in [1.82, 2.24) is 10.2 Å². The predicted molar refractivity (Wildman–Crippen MR) is 153 cm³/mol. The number of urea groups is 1. The van der Waals surface area contributed by atoms with Crippen LogP contribution in [0.3, 0.4) is 0 Å². The number of esters is 1. The Kier molecular flexibility index (Phi) is 8.33. The topological polar surface area (TPSA) is 149 Å². The molecule has 11 heteroatoms. The van der Waals surface area contributed by atoms with Crippen molar-refractivity contribution in [3.63, 3.8) is 0 Å². The number of allylic oxidation sites excluding steroid dienone is 1. The molecule has 11 nitrogen and oxygen atoms in total. The van der Waals surface area contributed by atoms with E-state index in [1.54, 1.807) is 25.1 Å². The maximum Gasteiger partial charge on any atom is 0.329 e. The first kappa shape index (κ1) is 28.5. The van der Waals surface area contributed by atoms with Crippen molar-refractivity contribution in [3.8, 4) is 6.07 Å². The van der Waals surface area contributed by atoms with Crippen LogP contribution in [0.5, 0.6) is 0 Å². The second-order valence-corrected chi connectivity index (χ2v) is 10.3. The molecule has 0 saturated carbocycles. The average Bonchev–Trinajstić information content (AvgIpc) is 3.57. The number of Topliss-reactive ketones (excluding diaryl/α,β-unsaturated/α-hetero) is 1. The third-order valence-corrected chi connectivity index (χ3v) is 7.85. The van der Waals surface area contributed by atoms with Gasteiger partial charge in [-0.2, -0.15) is 5.26 Å². The second-order valence-electron chi connectivity index (χ2n) is 10.3. The quantitative estimate of drug-likeness (QED) is 0.213. The van der Waals surface area contributed by atoms with E-state index in [1.807, 2.05) is 30.3 Å². The molecule has 2 atom stereocenters. The van der Waals surface area contributed by atoms with Crippen LogP contribution in [-0.4, -0.2) is 66.8 Å². The Balaban J connectivity index is 1.27. The summed E-state index contributed by atoms with van der Waals surface area (Å²) in [7, 11) is 0. The number of hydrogen-bond donors (Lipinski definition) is 2. The first-order chi connectivity index (χ1) is 20.3. The van der Waals surface area contributed by atoms with Gasteiger partial charge in [-0.3, -0.25) is 19.2 Å². The number of benzene rings is 2. The molecule has 0 bridgehead atoms. The van der Waals surface area contributed by atoms with Crippen molar-refractivity contribution in [3.05, 3.63) is 65.2 Å². The van der Waals surface area contributed by atoms with Gasteiger partial charge in [-0.1, -0.05) is 42.5 Å². The van der Waals surface area contributed by atoms with Gasteiger partial charge in [0.25, 0.3) is 11.8 Å². The molecule has 1 unspecified atom stereocenters. The summed E-state index contributed by atoms with van der Waals surface area (Å²) >= 11 is 0.